The molecule has 17 heavy (non-hydrogen) atoms. The van der Waals surface area contributed by atoms with Crippen molar-refractivity contribution < 1.29 is 26.3 Å². The Hall–Kier alpha value is -0.910. The second kappa shape index (κ2) is 5.16. The van der Waals surface area contributed by atoms with E-state index in [1.54, 1.807) is 0 Å². The first kappa shape index (κ1) is 14.2. The standard InChI is InChI=1S/C10H7ClF6/c11-6(1-2-10(15,16)17)5-3-8(13)9(14)4-7(5)12/h3-4,6H,1-2H2. The first-order valence-corrected chi connectivity index (χ1v) is 4.99. The van der Waals surface area contributed by atoms with Gasteiger partial charge in [0.25, 0.3) is 0 Å². The lowest BCUT2D eigenvalue weighted by Gasteiger charge is -2.12. The van der Waals surface area contributed by atoms with Crippen molar-refractivity contribution in [2.45, 2.75) is 24.4 Å². The molecule has 1 aromatic carbocycles. The quantitative estimate of drug-likeness (QED) is 0.425. The summed E-state index contributed by atoms with van der Waals surface area (Å²) in [5, 5.41) is -1.35. The van der Waals surface area contributed by atoms with Crippen molar-refractivity contribution in [1.82, 2.24) is 0 Å². The highest BCUT2D eigenvalue weighted by Crippen LogP contribution is 2.33. The summed E-state index contributed by atoms with van der Waals surface area (Å²) in [7, 11) is 0. The zero-order valence-corrected chi connectivity index (χ0v) is 9.05. The molecule has 0 saturated heterocycles. The highest BCUT2D eigenvalue weighted by molar-refractivity contribution is 6.20. The molecule has 1 atom stereocenters. The van der Waals surface area contributed by atoms with Gasteiger partial charge < -0.3 is 0 Å². The van der Waals surface area contributed by atoms with Crippen LogP contribution in [0.15, 0.2) is 12.1 Å². The number of hydrogen-bond acceptors (Lipinski definition) is 0. The maximum Gasteiger partial charge on any atom is 0.389 e. The molecule has 96 valence electrons. The molecule has 1 aromatic rings. The van der Waals surface area contributed by atoms with Gasteiger partial charge in [-0.05, 0) is 12.5 Å². The van der Waals surface area contributed by atoms with Crippen LogP contribution in [0.25, 0.3) is 0 Å². The molecule has 0 aromatic heterocycles. The molecule has 0 bridgehead atoms. The predicted octanol–water partition coefficient (Wildman–Crippen LogP) is 4.73. The van der Waals surface area contributed by atoms with E-state index >= 15 is 0 Å². The topological polar surface area (TPSA) is 0 Å². The summed E-state index contributed by atoms with van der Waals surface area (Å²) in [6.45, 7) is 0. The maximum absolute atomic E-state index is 13.1. The third-order valence-electron chi connectivity index (χ3n) is 2.06. The van der Waals surface area contributed by atoms with E-state index in [0.717, 1.165) is 0 Å². The molecule has 0 aliphatic heterocycles. The number of halogens is 7. The fourth-order valence-corrected chi connectivity index (χ4v) is 1.50. The van der Waals surface area contributed by atoms with Crippen LogP contribution in [0.3, 0.4) is 0 Å². The molecule has 0 aliphatic carbocycles. The second-order valence-corrected chi connectivity index (χ2v) is 3.94. The maximum atomic E-state index is 13.1. The lowest BCUT2D eigenvalue weighted by Crippen LogP contribution is -2.09. The minimum atomic E-state index is -4.43. The molecule has 0 amide bonds. The van der Waals surface area contributed by atoms with Crippen molar-refractivity contribution in [2.24, 2.45) is 0 Å². The van der Waals surface area contributed by atoms with Gasteiger partial charge in [-0.3, -0.25) is 0 Å². The molecular weight excluding hydrogens is 270 g/mol. The van der Waals surface area contributed by atoms with E-state index in [1.165, 1.54) is 0 Å². The summed E-state index contributed by atoms with van der Waals surface area (Å²) in [6.07, 6.45) is -6.26. The van der Waals surface area contributed by atoms with Crippen LogP contribution in [0, 0.1) is 17.5 Å². The minimum Gasteiger partial charge on any atom is -0.207 e. The average Bonchev–Trinajstić information content (AvgIpc) is 2.19. The van der Waals surface area contributed by atoms with Gasteiger partial charge in [-0.25, -0.2) is 13.2 Å². The molecule has 0 saturated carbocycles. The normalized spacial score (nSPS) is 13.8. The van der Waals surface area contributed by atoms with Crippen molar-refractivity contribution in [3.63, 3.8) is 0 Å². The third kappa shape index (κ3) is 4.11. The van der Waals surface area contributed by atoms with Crippen LogP contribution < -0.4 is 0 Å². The Balaban J connectivity index is 2.82. The van der Waals surface area contributed by atoms with Crippen LogP contribution in [0.2, 0.25) is 0 Å². The summed E-state index contributed by atoms with van der Waals surface area (Å²) in [5.41, 5.74) is -0.477. The Morgan fingerprint density at radius 2 is 1.53 bits per heavy atom. The smallest absolute Gasteiger partial charge is 0.207 e. The Morgan fingerprint density at radius 3 is 2.06 bits per heavy atom. The highest BCUT2D eigenvalue weighted by Gasteiger charge is 2.29. The van der Waals surface area contributed by atoms with Gasteiger partial charge in [-0.1, -0.05) is 0 Å². The molecule has 0 N–H and O–H groups in total. The van der Waals surface area contributed by atoms with E-state index in [-0.39, 0.29) is 6.07 Å². The number of rotatable bonds is 3. The third-order valence-corrected chi connectivity index (χ3v) is 2.51. The van der Waals surface area contributed by atoms with Gasteiger partial charge in [-0.2, -0.15) is 13.2 Å². The molecule has 1 unspecified atom stereocenters. The largest absolute Gasteiger partial charge is 0.389 e. The van der Waals surface area contributed by atoms with Gasteiger partial charge in [0.05, 0.1) is 5.38 Å². The Kier molecular flexibility index (Phi) is 4.30. The predicted molar refractivity (Wildman–Crippen MR) is 50.2 cm³/mol. The monoisotopic (exact) mass is 276 g/mol. The van der Waals surface area contributed by atoms with Gasteiger partial charge in [-0.15, -0.1) is 11.6 Å². The van der Waals surface area contributed by atoms with E-state index in [1.807, 2.05) is 0 Å². The van der Waals surface area contributed by atoms with Gasteiger partial charge in [0, 0.05) is 18.1 Å². The highest BCUT2D eigenvalue weighted by atomic mass is 35.5. The summed E-state index contributed by atoms with van der Waals surface area (Å²) >= 11 is 5.51. The van der Waals surface area contributed by atoms with Crippen LogP contribution in [0.5, 0.6) is 0 Å². The molecule has 0 spiro atoms. The van der Waals surface area contributed by atoms with E-state index < -0.39 is 47.4 Å². The molecule has 0 fully saturated rings. The molecule has 0 radical (unpaired) electrons. The fraction of sp³-hybridized carbons (Fsp3) is 0.400. The average molecular weight is 277 g/mol. The Bertz CT molecular complexity index is 401. The zero-order valence-electron chi connectivity index (χ0n) is 8.29. The van der Waals surface area contributed by atoms with Crippen LogP contribution in [0.4, 0.5) is 26.3 Å². The summed E-state index contributed by atoms with van der Waals surface area (Å²) in [6, 6.07) is 0.729. The van der Waals surface area contributed by atoms with E-state index in [2.05, 4.69) is 0 Å². The molecule has 0 aliphatic rings. The fourth-order valence-electron chi connectivity index (χ4n) is 1.22. The minimum absolute atomic E-state index is 0.258. The number of benzene rings is 1. The number of hydrogen-bond donors (Lipinski definition) is 0. The van der Waals surface area contributed by atoms with E-state index in [9.17, 15) is 26.3 Å². The lowest BCUT2D eigenvalue weighted by molar-refractivity contribution is -0.135. The molecule has 7 heteroatoms. The van der Waals surface area contributed by atoms with Crippen molar-refractivity contribution in [3.8, 4) is 0 Å². The molecule has 1 rings (SSSR count). The van der Waals surface area contributed by atoms with Crippen LogP contribution in [-0.4, -0.2) is 6.18 Å². The lowest BCUT2D eigenvalue weighted by atomic mass is 10.1. The second-order valence-electron chi connectivity index (χ2n) is 3.41. The number of alkyl halides is 4. The van der Waals surface area contributed by atoms with Gasteiger partial charge in [0.2, 0.25) is 0 Å². The van der Waals surface area contributed by atoms with E-state index in [4.69, 9.17) is 11.6 Å². The van der Waals surface area contributed by atoms with E-state index in [0.29, 0.717) is 6.07 Å². The van der Waals surface area contributed by atoms with Gasteiger partial charge in [0.1, 0.15) is 5.82 Å². The SMILES string of the molecule is Fc1cc(F)c(C(Cl)CCC(F)(F)F)cc1F. The molecule has 0 nitrogen and oxygen atoms in total. The van der Waals surface area contributed by atoms with Crippen molar-refractivity contribution in [3.05, 3.63) is 35.1 Å². The van der Waals surface area contributed by atoms with Crippen molar-refractivity contribution in [1.29, 1.82) is 0 Å². The summed E-state index contributed by atoms with van der Waals surface area (Å²) in [5.74, 6) is -3.92. The van der Waals surface area contributed by atoms with Crippen molar-refractivity contribution in [2.75, 3.05) is 0 Å². The molecular formula is C10H7ClF6. The van der Waals surface area contributed by atoms with Crippen LogP contribution >= 0.6 is 11.6 Å². The first-order chi connectivity index (χ1) is 7.70. The van der Waals surface area contributed by atoms with Crippen LogP contribution in [0.1, 0.15) is 23.8 Å². The van der Waals surface area contributed by atoms with Crippen LogP contribution in [-0.2, 0) is 0 Å². The van der Waals surface area contributed by atoms with Crippen molar-refractivity contribution >= 4 is 11.6 Å². The van der Waals surface area contributed by atoms with Gasteiger partial charge >= 0.3 is 6.18 Å². The Morgan fingerprint density at radius 1 is 1.00 bits per heavy atom. The first-order valence-electron chi connectivity index (χ1n) is 4.56. The Labute approximate surface area is 98.2 Å². The van der Waals surface area contributed by atoms with Gasteiger partial charge in [0.15, 0.2) is 11.6 Å². The molecule has 0 heterocycles. The summed E-state index contributed by atoms with van der Waals surface area (Å²) < 4.78 is 74.1. The summed E-state index contributed by atoms with van der Waals surface area (Å²) in [4.78, 5) is 0. The zero-order chi connectivity index (χ0) is 13.2.